The number of piperazine rings is 1. The number of aryl methyl sites for hydroxylation is 1. The van der Waals surface area contributed by atoms with E-state index in [1.807, 2.05) is 25.7 Å². The molecule has 208 valence electrons. The Balaban J connectivity index is 1.22. The summed E-state index contributed by atoms with van der Waals surface area (Å²) in [5.41, 5.74) is 0.987. The number of hydrogen-bond acceptors (Lipinski definition) is 7. The second-order valence-corrected chi connectivity index (χ2v) is 13.2. The van der Waals surface area contributed by atoms with E-state index in [0.717, 1.165) is 90.5 Å². The molecule has 1 aromatic rings. The normalized spacial score (nSPS) is 27.3. The zero-order valence-corrected chi connectivity index (χ0v) is 23.8. The topological polar surface area (TPSA) is 72.3 Å². The van der Waals surface area contributed by atoms with Gasteiger partial charge in [0.1, 0.15) is 5.60 Å². The van der Waals surface area contributed by atoms with Gasteiger partial charge in [0, 0.05) is 82.9 Å². The van der Waals surface area contributed by atoms with E-state index in [2.05, 4.69) is 34.4 Å². The molecule has 1 amide bonds. The zero-order valence-electron chi connectivity index (χ0n) is 23.8. The first-order valence-corrected chi connectivity index (χ1v) is 14.1. The van der Waals surface area contributed by atoms with Gasteiger partial charge in [0.2, 0.25) is 0 Å². The molecule has 0 N–H and O–H groups in total. The molecule has 4 heterocycles. The van der Waals surface area contributed by atoms with Crippen LogP contribution in [-0.2, 0) is 14.2 Å². The van der Waals surface area contributed by atoms with E-state index < -0.39 is 5.60 Å². The molecule has 1 saturated carbocycles. The van der Waals surface area contributed by atoms with Crippen molar-refractivity contribution in [2.75, 3.05) is 64.6 Å². The van der Waals surface area contributed by atoms with Gasteiger partial charge in [-0.05, 0) is 66.7 Å². The first-order chi connectivity index (χ1) is 17.5. The van der Waals surface area contributed by atoms with Crippen molar-refractivity contribution in [2.24, 2.45) is 5.41 Å². The third-order valence-corrected chi connectivity index (χ3v) is 8.93. The van der Waals surface area contributed by atoms with Crippen molar-refractivity contribution in [3.8, 4) is 0 Å². The number of aromatic nitrogens is 2. The molecule has 1 spiro atoms. The summed E-state index contributed by atoms with van der Waals surface area (Å²) >= 11 is 0. The number of rotatable bonds is 6. The number of amides is 1. The number of hydrogen-bond donors (Lipinski definition) is 0. The van der Waals surface area contributed by atoms with Crippen LogP contribution in [0.3, 0.4) is 0 Å². The highest BCUT2D eigenvalue weighted by atomic mass is 16.6. The molecule has 0 aromatic carbocycles. The number of nitrogens with zero attached hydrogens (tertiary/aromatic N) is 5. The summed E-state index contributed by atoms with van der Waals surface area (Å²) in [6, 6.07) is 3.29. The van der Waals surface area contributed by atoms with E-state index in [1.165, 1.54) is 5.69 Å². The van der Waals surface area contributed by atoms with Crippen LogP contribution in [0.2, 0.25) is 0 Å². The molecule has 1 atom stereocenters. The predicted molar refractivity (Wildman–Crippen MR) is 143 cm³/mol. The molecule has 3 saturated heterocycles. The number of anilines is 1. The van der Waals surface area contributed by atoms with Gasteiger partial charge >= 0.3 is 6.09 Å². The van der Waals surface area contributed by atoms with Crippen molar-refractivity contribution in [3.05, 3.63) is 11.8 Å². The number of methoxy groups -OCH3 is 1. The third kappa shape index (κ3) is 5.50. The smallest absolute Gasteiger partial charge is 0.410 e. The Labute approximate surface area is 222 Å². The molecule has 1 aromatic heterocycles. The monoisotopic (exact) mass is 517 g/mol. The van der Waals surface area contributed by atoms with Crippen molar-refractivity contribution in [3.63, 3.8) is 0 Å². The van der Waals surface area contributed by atoms with Crippen LogP contribution in [0.15, 0.2) is 6.07 Å². The molecule has 9 nitrogen and oxygen atoms in total. The van der Waals surface area contributed by atoms with Crippen LogP contribution in [0.5, 0.6) is 0 Å². The van der Waals surface area contributed by atoms with Crippen LogP contribution in [0.4, 0.5) is 10.6 Å². The maximum Gasteiger partial charge on any atom is 0.410 e. The first-order valence-electron chi connectivity index (χ1n) is 14.1. The molecule has 0 unspecified atom stereocenters. The Morgan fingerprint density at radius 1 is 1.14 bits per heavy atom. The largest absolute Gasteiger partial charge is 0.444 e. The lowest BCUT2D eigenvalue weighted by Gasteiger charge is -2.58. The average molecular weight is 518 g/mol. The molecule has 4 aliphatic rings. The van der Waals surface area contributed by atoms with E-state index in [4.69, 9.17) is 19.3 Å². The van der Waals surface area contributed by atoms with E-state index in [-0.39, 0.29) is 17.0 Å². The summed E-state index contributed by atoms with van der Waals surface area (Å²) in [4.78, 5) is 19.4. The lowest BCUT2D eigenvalue weighted by Crippen LogP contribution is -2.64. The van der Waals surface area contributed by atoms with E-state index in [1.54, 1.807) is 7.11 Å². The van der Waals surface area contributed by atoms with Gasteiger partial charge in [-0.1, -0.05) is 0 Å². The molecular weight excluding hydrogens is 470 g/mol. The average Bonchev–Trinajstić information content (AvgIpc) is 3.16. The Morgan fingerprint density at radius 2 is 1.84 bits per heavy atom. The van der Waals surface area contributed by atoms with E-state index >= 15 is 0 Å². The summed E-state index contributed by atoms with van der Waals surface area (Å²) in [6.45, 7) is 17.5. The summed E-state index contributed by atoms with van der Waals surface area (Å²) < 4.78 is 18.9. The quantitative estimate of drug-likeness (QED) is 0.567. The van der Waals surface area contributed by atoms with Crippen LogP contribution >= 0.6 is 0 Å². The van der Waals surface area contributed by atoms with Gasteiger partial charge in [0.05, 0.1) is 11.6 Å². The van der Waals surface area contributed by atoms with Crippen molar-refractivity contribution in [1.29, 1.82) is 0 Å². The Morgan fingerprint density at radius 3 is 2.49 bits per heavy atom. The van der Waals surface area contributed by atoms with Crippen LogP contribution in [-0.4, -0.2) is 103 Å². The number of likely N-dealkylation sites (tertiary alicyclic amines) is 1. The predicted octanol–water partition coefficient (Wildman–Crippen LogP) is 3.86. The van der Waals surface area contributed by atoms with Crippen molar-refractivity contribution >= 4 is 11.9 Å². The molecule has 4 fully saturated rings. The molecular formula is C28H47N5O4. The lowest BCUT2D eigenvalue weighted by atomic mass is 9.61. The zero-order chi connectivity index (χ0) is 26.4. The molecule has 9 heteroatoms. The second-order valence-electron chi connectivity index (χ2n) is 13.2. The van der Waals surface area contributed by atoms with Gasteiger partial charge in [-0.25, -0.2) is 4.79 Å². The van der Waals surface area contributed by atoms with Crippen LogP contribution in [0.25, 0.3) is 0 Å². The molecule has 5 rings (SSSR count). The first kappa shape index (κ1) is 26.8. The lowest BCUT2D eigenvalue weighted by molar-refractivity contribution is -0.0930. The Kier molecular flexibility index (Phi) is 7.26. The Hall–Kier alpha value is -1.84. The number of carbonyl (C=O) groups excluding carboxylic acids is 1. The van der Waals surface area contributed by atoms with Crippen molar-refractivity contribution < 1.29 is 19.0 Å². The fourth-order valence-corrected chi connectivity index (χ4v) is 6.95. The summed E-state index contributed by atoms with van der Waals surface area (Å²) in [5.74, 6) is 1.09. The number of ether oxygens (including phenoxy) is 3. The SMILES string of the molecule is COCC[C@@]1(C)CN(C2CCOCC2)CCN1c1cc(C)n(C2CC3(C2)CN(C(=O)OC(C)(C)C)C3)n1. The van der Waals surface area contributed by atoms with Crippen molar-refractivity contribution in [1.82, 2.24) is 19.6 Å². The fourth-order valence-electron chi connectivity index (χ4n) is 6.95. The molecule has 37 heavy (non-hydrogen) atoms. The third-order valence-electron chi connectivity index (χ3n) is 8.93. The molecule has 0 bridgehead atoms. The number of carbonyl (C=O) groups is 1. The van der Waals surface area contributed by atoms with Gasteiger partial charge in [-0.2, -0.15) is 5.10 Å². The maximum absolute atomic E-state index is 12.4. The van der Waals surface area contributed by atoms with Crippen LogP contribution < -0.4 is 4.90 Å². The highest BCUT2D eigenvalue weighted by molar-refractivity contribution is 5.69. The fraction of sp³-hybridized carbons (Fsp3) is 0.857. The van der Waals surface area contributed by atoms with Gasteiger partial charge in [0.25, 0.3) is 0 Å². The van der Waals surface area contributed by atoms with E-state index in [9.17, 15) is 4.79 Å². The minimum Gasteiger partial charge on any atom is -0.444 e. The molecule has 3 aliphatic heterocycles. The minimum absolute atomic E-state index is 0.0269. The van der Waals surface area contributed by atoms with Crippen molar-refractivity contribution in [2.45, 2.75) is 89.9 Å². The maximum atomic E-state index is 12.4. The molecule has 1 aliphatic carbocycles. The highest BCUT2D eigenvalue weighted by Gasteiger charge is 2.55. The van der Waals surface area contributed by atoms with Gasteiger partial charge in [-0.15, -0.1) is 0 Å². The van der Waals surface area contributed by atoms with Gasteiger partial charge in [0.15, 0.2) is 5.82 Å². The summed E-state index contributed by atoms with van der Waals surface area (Å²) in [6.07, 6.45) is 5.20. The Bertz CT molecular complexity index is 954. The van der Waals surface area contributed by atoms with Gasteiger partial charge in [-0.3, -0.25) is 9.58 Å². The van der Waals surface area contributed by atoms with Gasteiger partial charge < -0.3 is 24.0 Å². The second kappa shape index (κ2) is 10.0. The van der Waals surface area contributed by atoms with E-state index in [0.29, 0.717) is 12.1 Å². The summed E-state index contributed by atoms with van der Waals surface area (Å²) in [7, 11) is 1.79. The minimum atomic E-state index is -0.446. The standard InChI is InChI=1S/C28H47N5O4/c1-21-15-24(29-33(21)23-16-28(17-23)19-31(20-28)25(34)37-26(2,3)4)32-11-10-30(22-7-12-36-13-8-22)18-27(32,5)9-14-35-6/h15,22-23H,7-14,16-20H2,1-6H3/t27-/m0/s1. The van der Waals surface area contributed by atoms with Crippen LogP contribution in [0.1, 0.15) is 71.5 Å². The molecule has 0 radical (unpaired) electrons. The van der Waals surface area contributed by atoms with Crippen LogP contribution in [0, 0.1) is 12.3 Å². The summed E-state index contributed by atoms with van der Waals surface area (Å²) in [5, 5.41) is 5.18. The highest BCUT2D eigenvalue weighted by Crippen LogP contribution is 2.54.